The SMILES string of the molecule is CC(C)(C(=O)N1CCN(CCC(=O)N2CCCCC2)CC1)c1ccccc1. The third-order valence-corrected chi connectivity index (χ3v) is 6.04. The van der Waals surface area contributed by atoms with Crippen molar-refractivity contribution in [1.29, 1.82) is 0 Å². The van der Waals surface area contributed by atoms with E-state index in [0.29, 0.717) is 12.3 Å². The molecule has 2 fully saturated rings. The normalized spacial score (nSPS) is 19.2. The van der Waals surface area contributed by atoms with Gasteiger partial charge < -0.3 is 9.80 Å². The van der Waals surface area contributed by atoms with Gasteiger partial charge in [-0.15, -0.1) is 0 Å². The van der Waals surface area contributed by atoms with Crippen LogP contribution in [0.15, 0.2) is 30.3 Å². The summed E-state index contributed by atoms with van der Waals surface area (Å²) in [4.78, 5) is 31.7. The van der Waals surface area contributed by atoms with Gasteiger partial charge in [0.05, 0.1) is 5.41 Å². The van der Waals surface area contributed by atoms with Crippen molar-refractivity contribution in [3.8, 4) is 0 Å². The third-order valence-electron chi connectivity index (χ3n) is 6.04. The fraction of sp³-hybridized carbons (Fsp3) is 0.636. The van der Waals surface area contributed by atoms with Crippen LogP contribution in [0.4, 0.5) is 0 Å². The second-order valence-electron chi connectivity index (χ2n) is 8.32. The summed E-state index contributed by atoms with van der Waals surface area (Å²) in [5.74, 6) is 0.483. The lowest BCUT2D eigenvalue weighted by Crippen LogP contribution is -2.53. The van der Waals surface area contributed by atoms with Gasteiger partial charge in [0, 0.05) is 52.2 Å². The Kier molecular flexibility index (Phi) is 6.53. The first-order valence-corrected chi connectivity index (χ1v) is 10.3. The van der Waals surface area contributed by atoms with Crippen LogP contribution in [0.1, 0.15) is 45.1 Å². The molecule has 0 N–H and O–H groups in total. The van der Waals surface area contributed by atoms with Crippen molar-refractivity contribution in [3.05, 3.63) is 35.9 Å². The quantitative estimate of drug-likeness (QED) is 0.799. The lowest BCUT2D eigenvalue weighted by molar-refractivity contribution is -0.138. The minimum atomic E-state index is -0.506. The summed E-state index contributed by atoms with van der Waals surface area (Å²) in [7, 11) is 0. The van der Waals surface area contributed by atoms with Gasteiger partial charge in [0.25, 0.3) is 0 Å². The smallest absolute Gasteiger partial charge is 0.232 e. The summed E-state index contributed by atoms with van der Waals surface area (Å²) >= 11 is 0. The van der Waals surface area contributed by atoms with Crippen molar-refractivity contribution >= 4 is 11.8 Å². The van der Waals surface area contributed by atoms with Crippen LogP contribution in [0, 0.1) is 0 Å². The lowest BCUT2D eigenvalue weighted by Gasteiger charge is -2.39. The molecule has 1 aromatic carbocycles. The molecule has 1 aromatic rings. The molecule has 0 aliphatic carbocycles. The Labute approximate surface area is 163 Å². The van der Waals surface area contributed by atoms with E-state index in [9.17, 15) is 9.59 Å². The van der Waals surface area contributed by atoms with Crippen LogP contribution in [0.3, 0.4) is 0 Å². The van der Waals surface area contributed by atoms with Crippen molar-refractivity contribution in [2.75, 3.05) is 45.8 Å². The van der Waals surface area contributed by atoms with Gasteiger partial charge in [0.15, 0.2) is 0 Å². The zero-order valence-electron chi connectivity index (χ0n) is 16.8. The third kappa shape index (κ3) is 4.89. The minimum absolute atomic E-state index is 0.192. The van der Waals surface area contributed by atoms with Gasteiger partial charge in [-0.1, -0.05) is 30.3 Å². The van der Waals surface area contributed by atoms with Crippen LogP contribution in [0.5, 0.6) is 0 Å². The highest BCUT2D eigenvalue weighted by Gasteiger charge is 2.35. The first-order valence-electron chi connectivity index (χ1n) is 10.3. The van der Waals surface area contributed by atoms with Gasteiger partial charge in [-0.25, -0.2) is 0 Å². The van der Waals surface area contributed by atoms with E-state index in [1.54, 1.807) is 0 Å². The number of piperidine rings is 1. The highest BCUT2D eigenvalue weighted by molar-refractivity contribution is 5.87. The van der Waals surface area contributed by atoms with Gasteiger partial charge in [0.2, 0.25) is 11.8 Å². The minimum Gasteiger partial charge on any atom is -0.343 e. The molecule has 0 saturated carbocycles. The van der Waals surface area contributed by atoms with E-state index in [2.05, 4.69) is 4.90 Å². The highest BCUT2D eigenvalue weighted by atomic mass is 16.2. The second-order valence-corrected chi connectivity index (χ2v) is 8.32. The second kappa shape index (κ2) is 8.87. The molecule has 0 atom stereocenters. The van der Waals surface area contributed by atoms with Gasteiger partial charge >= 0.3 is 0 Å². The maximum absolute atomic E-state index is 13.0. The van der Waals surface area contributed by atoms with Crippen LogP contribution >= 0.6 is 0 Å². The fourth-order valence-corrected chi connectivity index (χ4v) is 4.10. The van der Waals surface area contributed by atoms with Crippen molar-refractivity contribution in [1.82, 2.24) is 14.7 Å². The van der Waals surface area contributed by atoms with Crippen LogP contribution in [0.2, 0.25) is 0 Å². The molecule has 2 aliphatic rings. The van der Waals surface area contributed by atoms with Gasteiger partial charge in [-0.2, -0.15) is 0 Å². The Hall–Kier alpha value is -1.88. The Morgan fingerprint density at radius 2 is 1.48 bits per heavy atom. The molecular formula is C22H33N3O2. The van der Waals surface area contributed by atoms with Crippen LogP contribution in [-0.4, -0.2) is 72.3 Å². The first kappa shape index (κ1) is 19.9. The molecule has 2 heterocycles. The Bertz CT molecular complexity index is 630. The summed E-state index contributed by atoms with van der Waals surface area (Å²) in [6.45, 7) is 9.86. The van der Waals surface area contributed by atoms with Crippen LogP contribution in [0.25, 0.3) is 0 Å². The number of carbonyl (C=O) groups excluding carboxylic acids is 2. The average Bonchev–Trinajstić information content (AvgIpc) is 2.73. The summed E-state index contributed by atoms with van der Waals surface area (Å²) < 4.78 is 0. The summed E-state index contributed by atoms with van der Waals surface area (Å²) in [6.07, 6.45) is 4.13. The molecule has 2 aliphatic heterocycles. The highest BCUT2D eigenvalue weighted by Crippen LogP contribution is 2.26. The number of piperazine rings is 1. The standard InChI is InChI=1S/C22H33N3O2/c1-22(2,19-9-5-3-6-10-19)21(27)25-17-15-23(16-18-25)14-11-20(26)24-12-7-4-8-13-24/h3,5-6,9-10H,4,7-8,11-18H2,1-2H3. The predicted octanol–water partition coefficient (Wildman–Crippen LogP) is 2.51. The van der Waals surface area contributed by atoms with E-state index >= 15 is 0 Å². The molecule has 2 saturated heterocycles. The molecule has 27 heavy (non-hydrogen) atoms. The number of nitrogens with zero attached hydrogens (tertiary/aromatic N) is 3. The van der Waals surface area contributed by atoms with E-state index in [-0.39, 0.29) is 5.91 Å². The maximum Gasteiger partial charge on any atom is 0.232 e. The first-order chi connectivity index (χ1) is 13.0. The van der Waals surface area contributed by atoms with E-state index in [4.69, 9.17) is 0 Å². The van der Waals surface area contributed by atoms with E-state index in [1.165, 1.54) is 6.42 Å². The van der Waals surface area contributed by atoms with Gasteiger partial charge in [0.1, 0.15) is 0 Å². The zero-order chi connectivity index (χ0) is 19.3. The van der Waals surface area contributed by atoms with Crippen molar-refractivity contribution in [2.45, 2.75) is 44.9 Å². The Balaban J connectivity index is 1.45. The van der Waals surface area contributed by atoms with Crippen molar-refractivity contribution in [2.24, 2.45) is 0 Å². The van der Waals surface area contributed by atoms with E-state index in [0.717, 1.165) is 64.2 Å². The molecule has 5 nitrogen and oxygen atoms in total. The molecule has 0 bridgehead atoms. The number of hydrogen-bond donors (Lipinski definition) is 0. The van der Waals surface area contributed by atoms with Crippen LogP contribution in [-0.2, 0) is 15.0 Å². The molecule has 0 spiro atoms. The molecule has 0 unspecified atom stereocenters. The predicted molar refractivity (Wildman–Crippen MR) is 108 cm³/mol. The molecular weight excluding hydrogens is 338 g/mol. The van der Waals surface area contributed by atoms with E-state index < -0.39 is 5.41 Å². The Morgan fingerprint density at radius 3 is 2.11 bits per heavy atom. The van der Waals surface area contributed by atoms with Gasteiger partial charge in [-0.05, 0) is 38.7 Å². The zero-order valence-corrected chi connectivity index (χ0v) is 16.8. The molecule has 0 radical (unpaired) electrons. The topological polar surface area (TPSA) is 43.9 Å². The van der Waals surface area contributed by atoms with Gasteiger partial charge in [-0.3, -0.25) is 14.5 Å². The molecule has 148 valence electrons. The summed E-state index contributed by atoms with van der Waals surface area (Å²) in [5.41, 5.74) is 0.553. The molecule has 0 aromatic heterocycles. The lowest BCUT2D eigenvalue weighted by atomic mass is 9.83. The van der Waals surface area contributed by atoms with Crippen molar-refractivity contribution < 1.29 is 9.59 Å². The number of likely N-dealkylation sites (tertiary alicyclic amines) is 1. The molecule has 3 rings (SSSR count). The van der Waals surface area contributed by atoms with Crippen molar-refractivity contribution in [3.63, 3.8) is 0 Å². The largest absolute Gasteiger partial charge is 0.343 e. The maximum atomic E-state index is 13.0. The summed E-state index contributed by atoms with van der Waals surface area (Å²) in [6, 6.07) is 10.0. The monoisotopic (exact) mass is 371 g/mol. The number of amides is 2. The molecule has 5 heteroatoms. The number of benzene rings is 1. The van der Waals surface area contributed by atoms with E-state index in [1.807, 2.05) is 54.0 Å². The molecule has 2 amide bonds. The van der Waals surface area contributed by atoms with Crippen LogP contribution < -0.4 is 0 Å². The number of carbonyl (C=O) groups is 2. The Morgan fingerprint density at radius 1 is 0.852 bits per heavy atom. The number of rotatable bonds is 5. The average molecular weight is 372 g/mol. The summed E-state index contributed by atoms with van der Waals surface area (Å²) in [5, 5.41) is 0. The number of hydrogen-bond acceptors (Lipinski definition) is 3. The fourth-order valence-electron chi connectivity index (χ4n) is 4.10.